The number of carbonyl (C=O) groups is 1. The lowest BCUT2D eigenvalue weighted by Crippen LogP contribution is -2.39. The monoisotopic (exact) mass is 319 g/mol. The van der Waals surface area contributed by atoms with Crippen LogP contribution in [0.1, 0.15) is 32.3 Å². The summed E-state index contributed by atoms with van der Waals surface area (Å²) >= 11 is 11.9. The van der Waals surface area contributed by atoms with Gasteiger partial charge in [-0.3, -0.25) is 4.79 Å². The fourth-order valence-electron chi connectivity index (χ4n) is 1.95. The van der Waals surface area contributed by atoms with Gasteiger partial charge in [-0.25, -0.2) is 4.39 Å². The van der Waals surface area contributed by atoms with Gasteiger partial charge in [0.05, 0.1) is 6.42 Å². The van der Waals surface area contributed by atoms with Crippen LogP contribution >= 0.6 is 23.2 Å². The molecule has 1 aromatic rings. The Morgan fingerprint density at radius 2 is 2.00 bits per heavy atom. The van der Waals surface area contributed by atoms with Gasteiger partial charge in [0.15, 0.2) is 0 Å². The van der Waals surface area contributed by atoms with Gasteiger partial charge < -0.3 is 5.32 Å². The number of hydrogen-bond donors (Lipinski definition) is 1. The van der Waals surface area contributed by atoms with E-state index in [0.717, 1.165) is 12.8 Å². The van der Waals surface area contributed by atoms with Gasteiger partial charge in [-0.2, -0.15) is 0 Å². The molecule has 20 heavy (non-hydrogen) atoms. The van der Waals surface area contributed by atoms with E-state index in [2.05, 4.69) is 5.32 Å². The zero-order valence-corrected chi connectivity index (χ0v) is 13.3. The van der Waals surface area contributed by atoms with Crippen molar-refractivity contribution in [1.29, 1.82) is 0 Å². The van der Waals surface area contributed by atoms with Crippen LogP contribution in [0.3, 0.4) is 0 Å². The third kappa shape index (κ3) is 4.35. The van der Waals surface area contributed by atoms with Crippen molar-refractivity contribution in [2.24, 2.45) is 5.41 Å². The van der Waals surface area contributed by atoms with E-state index < -0.39 is 5.82 Å². The summed E-state index contributed by atoms with van der Waals surface area (Å²) in [7, 11) is 0. The molecule has 0 atom stereocenters. The second kappa shape index (κ2) is 7.84. The van der Waals surface area contributed by atoms with Gasteiger partial charge in [0.1, 0.15) is 5.82 Å². The maximum absolute atomic E-state index is 13.6. The molecule has 0 aromatic heterocycles. The fourth-order valence-corrected chi connectivity index (χ4v) is 2.65. The zero-order valence-electron chi connectivity index (χ0n) is 11.8. The molecule has 0 saturated carbocycles. The standard InChI is InChI=1S/C15H20Cl2FNO/c1-3-15(4-2,9-16)10-19-14(20)8-11-12(17)6-5-7-13(11)18/h5-7H,3-4,8-10H2,1-2H3,(H,19,20). The van der Waals surface area contributed by atoms with Gasteiger partial charge in [-0.15, -0.1) is 11.6 Å². The Bertz CT molecular complexity index is 433. The molecule has 0 fully saturated rings. The van der Waals surface area contributed by atoms with E-state index in [1.54, 1.807) is 6.07 Å². The summed E-state index contributed by atoms with van der Waals surface area (Å²) in [5.41, 5.74) is 0.132. The molecular formula is C15H20Cl2FNO. The van der Waals surface area contributed by atoms with Gasteiger partial charge >= 0.3 is 0 Å². The maximum atomic E-state index is 13.6. The van der Waals surface area contributed by atoms with Crippen molar-refractivity contribution in [3.8, 4) is 0 Å². The highest BCUT2D eigenvalue weighted by Gasteiger charge is 2.25. The number of benzene rings is 1. The molecule has 1 N–H and O–H groups in total. The first-order valence-electron chi connectivity index (χ1n) is 6.73. The van der Waals surface area contributed by atoms with E-state index in [1.165, 1.54) is 12.1 Å². The highest BCUT2D eigenvalue weighted by atomic mass is 35.5. The number of rotatable bonds is 7. The van der Waals surface area contributed by atoms with Crippen LogP contribution in [-0.2, 0) is 11.2 Å². The molecule has 0 aliphatic heterocycles. The van der Waals surface area contributed by atoms with Crippen LogP contribution < -0.4 is 5.32 Å². The lowest BCUT2D eigenvalue weighted by Gasteiger charge is -2.29. The van der Waals surface area contributed by atoms with Crippen LogP contribution in [-0.4, -0.2) is 18.3 Å². The minimum Gasteiger partial charge on any atom is -0.355 e. The second-order valence-electron chi connectivity index (χ2n) is 4.99. The highest BCUT2D eigenvalue weighted by Crippen LogP contribution is 2.27. The summed E-state index contributed by atoms with van der Waals surface area (Å²) in [5, 5.41) is 3.10. The van der Waals surface area contributed by atoms with Crippen LogP contribution in [0.25, 0.3) is 0 Å². The molecular weight excluding hydrogens is 300 g/mol. The van der Waals surface area contributed by atoms with Gasteiger partial charge in [-0.05, 0) is 25.0 Å². The summed E-state index contributed by atoms with van der Waals surface area (Å²) < 4.78 is 13.6. The van der Waals surface area contributed by atoms with Gasteiger partial charge in [0.25, 0.3) is 0 Å². The predicted octanol–water partition coefficient (Wildman–Crippen LogP) is 4.18. The molecule has 0 aliphatic carbocycles. The number of alkyl halides is 1. The normalized spacial score (nSPS) is 11.4. The summed E-state index contributed by atoms with van der Waals surface area (Å²) in [4.78, 5) is 11.9. The Hall–Kier alpha value is -0.800. The first-order chi connectivity index (χ1) is 9.48. The third-order valence-corrected chi connectivity index (χ3v) is 4.76. The van der Waals surface area contributed by atoms with Crippen molar-refractivity contribution in [2.45, 2.75) is 33.1 Å². The molecule has 112 valence electrons. The summed E-state index contributed by atoms with van der Waals surface area (Å²) in [6, 6.07) is 4.40. The Balaban J connectivity index is 2.65. The maximum Gasteiger partial charge on any atom is 0.224 e. The van der Waals surface area contributed by atoms with E-state index in [0.29, 0.717) is 12.4 Å². The number of carbonyl (C=O) groups excluding carboxylic acids is 1. The van der Waals surface area contributed by atoms with E-state index in [1.807, 2.05) is 13.8 Å². The van der Waals surface area contributed by atoms with Crippen LogP contribution in [0, 0.1) is 11.2 Å². The Labute approximate surface area is 129 Å². The van der Waals surface area contributed by atoms with Crippen molar-refractivity contribution in [2.75, 3.05) is 12.4 Å². The SMILES string of the molecule is CCC(CC)(CCl)CNC(=O)Cc1c(F)cccc1Cl. The number of hydrogen-bond acceptors (Lipinski definition) is 1. The third-order valence-electron chi connectivity index (χ3n) is 3.84. The summed E-state index contributed by atoms with van der Waals surface area (Å²) in [5.74, 6) is -0.212. The molecule has 0 saturated heterocycles. The fraction of sp³-hybridized carbons (Fsp3) is 0.533. The summed E-state index contributed by atoms with van der Waals surface area (Å²) in [6.45, 7) is 4.59. The second-order valence-corrected chi connectivity index (χ2v) is 5.67. The largest absolute Gasteiger partial charge is 0.355 e. The van der Waals surface area contributed by atoms with Crippen molar-refractivity contribution in [3.05, 3.63) is 34.6 Å². The van der Waals surface area contributed by atoms with E-state index in [9.17, 15) is 9.18 Å². The average molecular weight is 320 g/mol. The average Bonchev–Trinajstić information content (AvgIpc) is 2.45. The first kappa shape index (κ1) is 17.3. The van der Waals surface area contributed by atoms with Crippen LogP contribution in [0.2, 0.25) is 5.02 Å². The molecule has 2 nitrogen and oxygen atoms in total. The topological polar surface area (TPSA) is 29.1 Å². The molecule has 1 aromatic carbocycles. The van der Waals surface area contributed by atoms with Gasteiger partial charge in [0.2, 0.25) is 5.91 Å². The minimum absolute atomic E-state index is 0.0582. The Morgan fingerprint density at radius 1 is 1.35 bits per heavy atom. The Morgan fingerprint density at radius 3 is 2.50 bits per heavy atom. The van der Waals surface area contributed by atoms with Gasteiger partial charge in [-0.1, -0.05) is 31.5 Å². The number of amides is 1. The minimum atomic E-state index is -0.456. The first-order valence-corrected chi connectivity index (χ1v) is 7.64. The van der Waals surface area contributed by atoms with E-state index >= 15 is 0 Å². The van der Waals surface area contributed by atoms with Gasteiger partial charge in [0, 0.05) is 28.4 Å². The molecule has 1 amide bonds. The molecule has 0 aliphatic rings. The molecule has 0 unspecified atom stereocenters. The quantitative estimate of drug-likeness (QED) is 0.750. The van der Waals surface area contributed by atoms with E-state index in [-0.39, 0.29) is 28.3 Å². The molecule has 0 radical (unpaired) electrons. The molecule has 5 heteroatoms. The van der Waals surface area contributed by atoms with Crippen LogP contribution in [0.15, 0.2) is 18.2 Å². The Kier molecular flexibility index (Phi) is 6.77. The lowest BCUT2D eigenvalue weighted by molar-refractivity contribution is -0.121. The van der Waals surface area contributed by atoms with E-state index in [4.69, 9.17) is 23.2 Å². The molecule has 0 heterocycles. The molecule has 0 spiro atoms. The van der Waals surface area contributed by atoms with Crippen molar-refractivity contribution in [1.82, 2.24) is 5.32 Å². The van der Waals surface area contributed by atoms with Crippen molar-refractivity contribution >= 4 is 29.1 Å². The van der Waals surface area contributed by atoms with Crippen LogP contribution in [0.5, 0.6) is 0 Å². The van der Waals surface area contributed by atoms with Crippen molar-refractivity contribution < 1.29 is 9.18 Å². The highest BCUT2D eigenvalue weighted by molar-refractivity contribution is 6.31. The van der Waals surface area contributed by atoms with Crippen molar-refractivity contribution in [3.63, 3.8) is 0 Å². The predicted molar refractivity (Wildman–Crippen MR) is 81.9 cm³/mol. The summed E-state index contributed by atoms with van der Waals surface area (Å²) in [6.07, 6.45) is 1.71. The molecule has 1 rings (SSSR count). The zero-order chi connectivity index (χ0) is 15.2. The number of halogens is 3. The lowest BCUT2D eigenvalue weighted by atomic mass is 9.84. The smallest absolute Gasteiger partial charge is 0.224 e. The van der Waals surface area contributed by atoms with Crippen LogP contribution in [0.4, 0.5) is 4.39 Å². The molecule has 0 bridgehead atoms. The number of nitrogens with one attached hydrogen (secondary N) is 1.